The van der Waals surface area contributed by atoms with Gasteiger partial charge in [0, 0.05) is 11.4 Å². The van der Waals surface area contributed by atoms with E-state index in [9.17, 15) is 0 Å². The topological polar surface area (TPSA) is 30.7 Å². The highest BCUT2D eigenvalue weighted by atomic mass is 79.9. The largest absolute Gasteiger partial charge is 0.249 e. The Balaban J connectivity index is 2.45. The molecule has 1 unspecified atom stereocenters. The summed E-state index contributed by atoms with van der Waals surface area (Å²) in [6.07, 6.45) is 6.40. The maximum Gasteiger partial charge on any atom is 0.0725 e. The van der Waals surface area contributed by atoms with Crippen molar-refractivity contribution in [2.24, 2.45) is 0 Å². The summed E-state index contributed by atoms with van der Waals surface area (Å²) < 4.78 is 2.01. The van der Waals surface area contributed by atoms with Crippen LogP contribution in [-0.4, -0.2) is 19.8 Å². The van der Waals surface area contributed by atoms with Crippen LogP contribution in [0.5, 0.6) is 0 Å². The van der Waals surface area contributed by atoms with Crippen LogP contribution in [0.25, 0.3) is 0 Å². The zero-order valence-corrected chi connectivity index (χ0v) is 10.5. The molecule has 80 valence electrons. The van der Waals surface area contributed by atoms with Crippen LogP contribution in [0, 0.1) is 0 Å². The Morgan fingerprint density at radius 3 is 2.93 bits per heavy atom. The maximum atomic E-state index is 4.06. The number of aryl methyl sites for hydroxylation is 2. The normalized spacial score (nSPS) is 13.1. The van der Waals surface area contributed by atoms with E-state index in [1.54, 1.807) is 0 Å². The van der Waals surface area contributed by atoms with Crippen LogP contribution in [-0.2, 0) is 13.0 Å². The number of aromatic nitrogens is 3. The fraction of sp³-hybridized carbons (Fsp3) is 0.800. The fourth-order valence-corrected chi connectivity index (χ4v) is 1.61. The minimum atomic E-state index is 0.618. The Kier molecular flexibility index (Phi) is 5.15. The average molecular weight is 260 g/mol. The van der Waals surface area contributed by atoms with Crippen molar-refractivity contribution in [3.63, 3.8) is 0 Å². The number of alkyl halides is 1. The van der Waals surface area contributed by atoms with Crippen molar-refractivity contribution in [2.75, 3.05) is 0 Å². The minimum Gasteiger partial charge on any atom is -0.249 e. The molecule has 0 radical (unpaired) electrons. The first kappa shape index (κ1) is 11.7. The smallest absolute Gasteiger partial charge is 0.0725 e. The molecular formula is C10H18BrN3. The van der Waals surface area contributed by atoms with E-state index in [0.29, 0.717) is 4.83 Å². The summed E-state index contributed by atoms with van der Waals surface area (Å²) in [5.41, 5.74) is 1.25. The molecule has 3 nitrogen and oxygen atoms in total. The van der Waals surface area contributed by atoms with E-state index in [2.05, 4.69) is 40.1 Å². The van der Waals surface area contributed by atoms with E-state index in [4.69, 9.17) is 0 Å². The van der Waals surface area contributed by atoms with Crippen LogP contribution < -0.4 is 0 Å². The summed E-state index contributed by atoms with van der Waals surface area (Å²) in [4.78, 5) is 0.618. The van der Waals surface area contributed by atoms with Gasteiger partial charge in [-0.25, -0.2) is 4.68 Å². The molecule has 0 saturated carbocycles. The first-order chi connectivity index (χ1) is 6.77. The molecule has 1 atom stereocenters. The Bertz CT molecular complexity index is 260. The summed E-state index contributed by atoms with van der Waals surface area (Å²) >= 11 is 3.64. The van der Waals surface area contributed by atoms with Gasteiger partial charge in [0.15, 0.2) is 0 Å². The van der Waals surface area contributed by atoms with Gasteiger partial charge in [-0.2, -0.15) is 0 Å². The van der Waals surface area contributed by atoms with Crippen LogP contribution in [0.15, 0.2) is 6.20 Å². The van der Waals surface area contributed by atoms with E-state index in [1.807, 2.05) is 10.9 Å². The van der Waals surface area contributed by atoms with Gasteiger partial charge in [-0.3, -0.25) is 0 Å². The van der Waals surface area contributed by atoms with Gasteiger partial charge in [-0.05, 0) is 25.7 Å². The molecule has 0 N–H and O–H groups in total. The molecule has 14 heavy (non-hydrogen) atoms. The molecule has 0 aliphatic carbocycles. The molecule has 0 fully saturated rings. The second-order valence-electron chi connectivity index (χ2n) is 3.49. The van der Waals surface area contributed by atoms with Gasteiger partial charge >= 0.3 is 0 Å². The first-order valence-electron chi connectivity index (χ1n) is 5.29. The van der Waals surface area contributed by atoms with Crippen molar-refractivity contribution in [2.45, 2.75) is 50.9 Å². The summed E-state index contributed by atoms with van der Waals surface area (Å²) in [6, 6.07) is 0. The quantitative estimate of drug-likeness (QED) is 0.736. The molecule has 1 aromatic rings. The van der Waals surface area contributed by atoms with Crippen molar-refractivity contribution >= 4 is 15.9 Å². The van der Waals surface area contributed by atoms with Crippen LogP contribution in [0.3, 0.4) is 0 Å². The van der Waals surface area contributed by atoms with Crippen molar-refractivity contribution in [1.82, 2.24) is 15.0 Å². The number of hydrogen-bond acceptors (Lipinski definition) is 2. The van der Waals surface area contributed by atoms with Gasteiger partial charge in [0.05, 0.1) is 11.9 Å². The lowest BCUT2D eigenvalue weighted by Crippen LogP contribution is -2.06. The first-order valence-corrected chi connectivity index (χ1v) is 6.20. The maximum absolute atomic E-state index is 4.06. The number of nitrogens with zero attached hydrogens (tertiary/aromatic N) is 3. The highest BCUT2D eigenvalue weighted by molar-refractivity contribution is 9.09. The third kappa shape index (κ3) is 3.40. The van der Waals surface area contributed by atoms with Crippen LogP contribution >= 0.6 is 15.9 Å². The van der Waals surface area contributed by atoms with Gasteiger partial charge in [-0.15, -0.1) is 5.10 Å². The van der Waals surface area contributed by atoms with Crippen LogP contribution in [0.2, 0.25) is 0 Å². The van der Waals surface area contributed by atoms with Gasteiger partial charge < -0.3 is 0 Å². The van der Waals surface area contributed by atoms with Crippen molar-refractivity contribution < 1.29 is 0 Å². The van der Waals surface area contributed by atoms with Gasteiger partial charge in [0.2, 0.25) is 0 Å². The van der Waals surface area contributed by atoms with Gasteiger partial charge in [0.1, 0.15) is 0 Å². The molecule has 0 aromatic carbocycles. The van der Waals surface area contributed by atoms with E-state index in [1.165, 1.54) is 12.1 Å². The summed E-state index contributed by atoms with van der Waals surface area (Å²) in [5, 5.41) is 8.00. The lowest BCUT2D eigenvalue weighted by atomic mass is 10.1. The van der Waals surface area contributed by atoms with Crippen molar-refractivity contribution in [3.05, 3.63) is 11.9 Å². The highest BCUT2D eigenvalue weighted by Crippen LogP contribution is 2.13. The predicted molar refractivity (Wildman–Crippen MR) is 61.6 cm³/mol. The lowest BCUT2D eigenvalue weighted by Gasteiger charge is -2.07. The summed E-state index contributed by atoms with van der Waals surface area (Å²) in [6.45, 7) is 5.33. The molecule has 1 heterocycles. The number of rotatable bonds is 6. The molecule has 0 spiro atoms. The molecule has 0 bridgehead atoms. The third-order valence-corrected chi connectivity index (χ3v) is 3.40. The Hall–Kier alpha value is -0.380. The summed E-state index contributed by atoms with van der Waals surface area (Å²) in [5.74, 6) is 0. The molecule has 4 heteroatoms. The highest BCUT2D eigenvalue weighted by Gasteiger charge is 2.06. The molecule has 1 rings (SSSR count). The molecule has 0 aliphatic heterocycles. The Labute approximate surface area is 94.0 Å². The zero-order valence-electron chi connectivity index (χ0n) is 8.91. The van der Waals surface area contributed by atoms with Crippen LogP contribution in [0.4, 0.5) is 0 Å². The third-order valence-electron chi connectivity index (χ3n) is 2.29. The minimum absolute atomic E-state index is 0.618. The van der Waals surface area contributed by atoms with E-state index < -0.39 is 0 Å². The van der Waals surface area contributed by atoms with E-state index in [0.717, 1.165) is 25.8 Å². The molecular weight excluding hydrogens is 242 g/mol. The Morgan fingerprint density at radius 1 is 1.50 bits per heavy atom. The average Bonchev–Trinajstić information content (AvgIpc) is 2.62. The van der Waals surface area contributed by atoms with Crippen molar-refractivity contribution in [1.29, 1.82) is 0 Å². The molecule has 0 aliphatic rings. The summed E-state index contributed by atoms with van der Waals surface area (Å²) in [7, 11) is 0. The lowest BCUT2D eigenvalue weighted by molar-refractivity contribution is 0.548. The second kappa shape index (κ2) is 6.17. The number of halogens is 1. The molecule has 0 amide bonds. The monoisotopic (exact) mass is 259 g/mol. The SMILES string of the molecule is CCCn1nncc1CCC(Br)CC. The molecule has 0 saturated heterocycles. The van der Waals surface area contributed by atoms with Gasteiger partial charge in [0.25, 0.3) is 0 Å². The van der Waals surface area contributed by atoms with Crippen molar-refractivity contribution in [3.8, 4) is 0 Å². The van der Waals surface area contributed by atoms with Crippen LogP contribution in [0.1, 0.15) is 38.8 Å². The zero-order chi connectivity index (χ0) is 10.4. The second-order valence-corrected chi connectivity index (χ2v) is 4.79. The Morgan fingerprint density at radius 2 is 2.29 bits per heavy atom. The fourth-order valence-electron chi connectivity index (χ4n) is 1.38. The van der Waals surface area contributed by atoms with Gasteiger partial charge in [-0.1, -0.05) is 35.0 Å². The molecule has 1 aromatic heterocycles. The van der Waals surface area contributed by atoms with E-state index in [-0.39, 0.29) is 0 Å². The predicted octanol–water partition coefficient (Wildman–Crippen LogP) is 2.79. The standard InChI is InChI=1S/C10H18BrN3/c1-3-7-14-10(8-12-13-14)6-5-9(11)4-2/h8-9H,3-7H2,1-2H3. The van der Waals surface area contributed by atoms with E-state index >= 15 is 0 Å². The number of hydrogen-bond donors (Lipinski definition) is 0.